The van der Waals surface area contributed by atoms with Gasteiger partial charge in [0.25, 0.3) is 0 Å². The van der Waals surface area contributed by atoms with Crippen molar-refractivity contribution in [2.45, 2.75) is 10.3 Å². The van der Waals surface area contributed by atoms with E-state index in [1.54, 1.807) is 0 Å². The van der Waals surface area contributed by atoms with Crippen molar-refractivity contribution < 1.29 is 9.90 Å². The number of aromatic nitrogens is 2. The summed E-state index contributed by atoms with van der Waals surface area (Å²) in [4.78, 5) is 20.0. The zero-order valence-corrected chi connectivity index (χ0v) is 11.8. The van der Waals surface area contributed by atoms with Gasteiger partial charge in [0.2, 0.25) is 0 Å². The number of hydrogen-bond donors (Lipinski definition) is 1. The second-order valence-electron chi connectivity index (χ2n) is 4.44. The first-order chi connectivity index (χ1) is 10.3. The van der Waals surface area contributed by atoms with Crippen LogP contribution in [0.1, 0.15) is 10.8 Å². The van der Waals surface area contributed by atoms with Crippen LogP contribution < -0.4 is 0 Å². The molecule has 4 nitrogen and oxygen atoms in total. The summed E-state index contributed by atoms with van der Waals surface area (Å²) in [5.41, 5.74) is 1.56. The Morgan fingerprint density at radius 1 is 1.00 bits per heavy atom. The number of fused-ring (bicyclic) bond motifs is 1. The van der Waals surface area contributed by atoms with Gasteiger partial charge in [-0.3, -0.25) is 4.79 Å². The normalized spacial score (nSPS) is 12.2. The standard InChI is InChI=1S/C16H12N2O2S/c19-16(20)14(11-6-2-1-3-7-11)21-15-12-8-4-5-9-13(12)17-10-18-15/h1-10,14H,(H,19,20)/t14-/m0/s1. The molecule has 0 amide bonds. The molecule has 0 aliphatic carbocycles. The lowest BCUT2D eigenvalue weighted by atomic mass is 10.1. The van der Waals surface area contributed by atoms with Gasteiger partial charge in [0.05, 0.1) is 5.52 Å². The summed E-state index contributed by atoms with van der Waals surface area (Å²) >= 11 is 1.23. The number of carboxylic acid groups (broad SMARTS) is 1. The van der Waals surface area contributed by atoms with Crippen LogP contribution in [-0.4, -0.2) is 21.0 Å². The number of aliphatic carboxylic acids is 1. The van der Waals surface area contributed by atoms with E-state index in [0.717, 1.165) is 16.5 Å². The van der Waals surface area contributed by atoms with Crippen LogP contribution in [0.4, 0.5) is 0 Å². The largest absolute Gasteiger partial charge is 0.480 e. The summed E-state index contributed by atoms with van der Waals surface area (Å²) in [5, 5.41) is 10.4. The number of carbonyl (C=O) groups is 1. The van der Waals surface area contributed by atoms with Crippen LogP contribution >= 0.6 is 11.8 Å². The molecule has 5 heteroatoms. The maximum absolute atomic E-state index is 11.6. The van der Waals surface area contributed by atoms with Crippen molar-refractivity contribution in [2.24, 2.45) is 0 Å². The predicted molar refractivity (Wildman–Crippen MR) is 82.2 cm³/mol. The molecule has 0 fully saturated rings. The van der Waals surface area contributed by atoms with E-state index >= 15 is 0 Å². The third kappa shape index (κ3) is 2.87. The van der Waals surface area contributed by atoms with Crippen molar-refractivity contribution in [1.29, 1.82) is 0 Å². The molecule has 0 saturated carbocycles. The summed E-state index contributed by atoms with van der Waals surface area (Å²) in [6.45, 7) is 0. The molecule has 1 heterocycles. The average molecular weight is 296 g/mol. The van der Waals surface area contributed by atoms with Gasteiger partial charge in [-0.1, -0.05) is 60.3 Å². The van der Waals surface area contributed by atoms with E-state index in [4.69, 9.17) is 0 Å². The van der Waals surface area contributed by atoms with Crippen molar-refractivity contribution in [3.8, 4) is 0 Å². The molecule has 0 saturated heterocycles. The molecule has 21 heavy (non-hydrogen) atoms. The fourth-order valence-corrected chi connectivity index (χ4v) is 3.10. The van der Waals surface area contributed by atoms with Crippen LogP contribution in [0.3, 0.4) is 0 Å². The third-order valence-electron chi connectivity index (χ3n) is 3.06. The van der Waals surface area contributed by atoms with E-state index in [2.05, 4.69) is 9.97 Å². The zero-order valence-electron chi connectivity index (χ0n) is 11.0. The second kappa shape index (κ2) is 5.93. The van der Waals surface area contributed by atoms with Crippen LogP contribution in [-0.2, 0) is 4.79 Å². The lowest BCUT2D eigenvalue weighted by Gasteiger charge is -2.12. The number of benzene rings is 2. The summed E-state index contributed by atoms with van der Waals surface area (Å²) in [6, 6.07) is 16.8. The molecule has 1 atom stereocenters. The van der Waals surface area contributed by atoms with Crippen molar-refractivity contribution in [1.82, 2.24) is 9.97 Å². The van der Waals surface area contributed by atoms with Gasteiger partial charge in [0.15, 0.2) is 0 Å². The third-order valence-corrected chi connectivity index (χ3v) is 4.32. The Hall–Kier alpha value is -2.40. The van der Waals surface area contributed by atoms with E-state index < -0.39 is 11.2 Å². The zero-order chi connectivity index (χ0) is 14.7. The van der Waals surface area contributed by atoms with Gasteiger partial charge < -0.3 is 5.11 Å². The SMILES string of the molecule is O=C(O)[C@@H](Sc1ncnc2ccccc12)c1ccccc1. The monoisotopic (exact) mass is 296 g/mol. The van der Waals surface area contributed by atoms with E-state index in [-0.39, 0.29) is 0 Å². The van der Waals surface area contributed by atoms with Crippen LogP contribution in [0.15, 0.2) is 66.0 Å². The lowest BCUT2D eigenvalue weighted by molar-refractivity contribution is -0.136. The Balaban J connectivity index is 2.01. The highest BCUT2D eigenvalue weighted by Crippen LogP contribution is 2.37. The van der Waals surface area contributed by atoms with E-state index in [9.17, 15) is 9.90 Å². The number of carboxylic acids is 1. The second-order valence-corrected chi connectivity index (χ2v) is 5.54. The van der Waals surface area contributed by atoms with Gasteiger partial charge in [-0.15, -0.1) is 0 Å². The highest BCUT2D eigenvalue weighted by Gasteiger charge is 2.22. The number of nitrogens with zero attached hydrogens (tertiary/aromatic N) is 2. The fourth-order valence-electron chi connectivity index (χ4n) is 2.07. The quantitative estimate of drug-likeness (QED) is 0.589. The molecule has 0 radical (unpaired) electrons. The minimum atomic E-state index is -0.881. The number of rotatable bonds is 4. The Morgan fingerprint density at radius 3 is 2.48 bits per heavy atom. The van der Waals surface area contributed by atoms with Gasteiger partial charge in [-0.05, 0) is 11.6 Å². The Bertz CT molecular complexity index is 772. The highest BCUT2D eigenvalue weighted by atomic mass is 32.2. The minimum Gasteiger partial charge on any atom is -0.480 e. The maximum Gasteiger partial charge on any atom is 0.321 e. The molecule has 0 aliphatic rings. The molecular formula is C16H12N2O2S. The summed E-state index contributed by atoms with van der Waals surface area (Å²) in [5.74, 6) is -0.881. The Kier molecular flexibility index (Phi) is 3.83. The summed E-state index contributed by atoms with van der Waals surface area (Å²) in [6.07, 6.45) is 1.47. The number of thioether (sulfide) groups is 1. The van der Waals surface area contributed by atoms with Crippen LogP contribution in [0.2, 0.25) is 0 Å². The van der Waals surface area contributed by atoms with Crippen LogP contribution in [0.25, 0.3) is 10.9 Å². The lowest BCUT2D eigenvalue weighted by Crippen LogP contribution is -2.08. The molecule has 0 unspecified atom stereocenters. The smallest absolute Gasteiger partial charge is 0.321 e. The van der Waals surface area contributed by atoms with Gasteiger partial charge >= 0.3 is 5.97 Å². The van der Waals surface area contributed by atoms with Crippen molar-refractivity contribution >= 4 is 28.6 Å². The summed E-state index contributed by atoms with van der Waals surface area (Å²) in [7, 11) is 0. The maximum atomic E-state index is 11.6. The topological polar surface area (TPSA) is 63.1 Å². The molecule has 1 N–H and O–H groups in total. The minimum absolute atomic E-state index is 0.678. The molecule has 0 bridgehead atoms. The van der Waals surface area contributed by atoms with Crippen LogP contribution in [0, 0.1) is 0 Å². The molecule has 2 aromatic carbocycles. The molecule has 3 aromatic rings. The van der Waals surface area contributed by atoms with E-state index in [1.807, 2.05) is 54.6 Å². The fraction of sp³-hybridized carbons (Fsp3) is 0.0625. The highest BCUT2D eigenvalue weighted by molar-refractivity contribution is 8.00. The first-order valence-electron chi connectivity index (χ1n) is 6.40. The molecule has 0 aliphatic heterocycles. The molecule has 104 valence electrons. The molecule has 0 spiro atoms. The Morgan fingerprint density at radius 2 is 1.71 bits per heavy atom. The van der Waals surface area contributed by atoms with Crippen molar-refractivity contribution in [3.63, 3.8) is 0 Å². The number of para-hydroxylation sites is 1. The predicted octanol–water partition coefficient (Wildman–Crippen LogP) is 3.55. The van der Waals surface area contributed by atoms with Gasteiger partial charge in [0.1, 0.15) is 16.6 Å². The number of hydrogen-bond acceptors (Lipinski definition) is 4. The first-order valence-corrected chi connectivity index (χ1v) is 7.28. The van der Waals surface area contributed by atoms with Gasteiger partial charge in [0, 0.05) is 5.39 Å². The average Bonchev–Trinajstić information content (AvgIpc) is 2.53. The van der Waals surface area contributed by atoms with E-state index in [0.29, 0.717) is 5.03 Å². The summed E-state index contributed by atoms with van der Waals surface area (Å²) < 4.78 is 0. The molecule has 3 rings (SSSR count). The van der Waals surface area contributed by atoms with Gasteiger partial charge in [-0.25, -0.2) is 9.97 Å². The Labute approximate surface area is 125 Å². The van der Waals surface area contributed by atoms with Crippen LogP contribution in [0.5, 0.6) is 0 Å². The van der Waals surface area contributed by atoms with Crippen molar-refractivity contribution in [3.05, 3.63) is 66.5 Å². The van der Waals surface area contributed by atoms with Crippen molar-refractivity contribution in [2.75, 3.05) is 0 Å². The van der Waals surface area contributed by atoms with Gasteiger partial charge in [-0.2, -0.15) is 0 Å². The first kappa shape index (κ1) is 13.6. The molecule has 1 aromatic heterocycles. The molecular weight excluding hydrogens is 284 g/mol. The van der Waals surface area contributed by atoms with E-state index in [1.165, 1.54) is 18.1 Å².